The summed E-state index contributed by atoms with van der Waals surface area (Å²) in [5, 5.41) is 0. The quantitative estimate of drug-likeness (QED) is 0.651. The second-order valence-electron chi connectivity index (χ2n) is 5.24. The van der Waals surface area contributed by atoms with Gasteiger partial charge >= 0.3 is 0 Å². The van der Waals surface area contributed by atoms with Gasteiger partial charge in [0.25, 0.3) is 0 Å². The van der Waals surface area contributed by atoms with Gasteiger partial charge in [0, 0.05) is 6.04 Å². The summed E-state index contributed by atoms with van der Waals surface area (Å²) in [6.45, 7) is 2.70. The van der Waals surface area contributed by atoms with Gasteiger partial charge in [-0.15, -0.1) is 0 Å². The Morgan fingerprint density at radius 1 is 0.875 bits per heavy atom. The third-order valence-electron chi connectivity index (χ3n) is 4.27. The zero-order valence-electron chi connectivity index (χ0n) is 9.99. The van der Waals surface area contributed by atoms with Crippen molar-refractivity contribution >= 4 is 0 Å². The number of likely N-dealkylation sites (tertiary alicyclic amines) is 1. The minimum atomic E-state index is 0.856. The van der Waals surface area contributed by atoms with Crippen LogP contribution in [0.25, 0.3) is 0 Å². The minimum absolute atomic E-state index is 0.856. The molecule has 2 aliphatic rings. The Morgan fingerprint density at radius 2 is 1.44 bits per heavy atom. The fourth-order valence-corrected chi connectivity index (χ4v) is 3.31. The van der Waals surface area contributed by atoms with Gasteiger partial charge in [-0.25, -0.2) is 0 Å². The zero-order chi connectivity index (χ0) is 10.8. The molecule has 1 saturated heterocycles. The molecule has 1 heteroatoms. The maximum Gasteiger partial charge on any atom is 0.0102 e. The molecule has 0 unspecified atom stereocenters. The average molecular weight is 215 g/mol. The van der Waals surface area contributed by atoms with Crippen molar-refractivity contribution in [1.29, 1.82) is 0 Å². The van der Waals surface area contributed by atoms with Crippen molar-refractivity contribution in [2.45, 2.75) is 44.6 Å². The summed E-state index contributed by atoms with van der Waals surface area (Å²) >= 11 is 0. The Hall–Kier alpha value is -0.820. The van der Waals surface area contributed by atoms with Gasteiger partial charge in [0.05, 0.1) is 0 Å². The summed E-state index contributed by atoms with van der Waals surface area (Å²) in [6.07, 6.45) is 8.16. The van der Waals surface area contributed by atoms with Crippen LogP contribution in [0, 0.1) is 0 Å². The van der Waals surface area contributed by atoms with Gasteiger partial charge in [0.15, 0.2) is 0 Å². The molecule has 86 valence electrons. The minimum Gasteiger partial charge on any atom is -0.300 e. The SMILES string of the molecule is c1ccc2c(c1)CCC(N1CCCC1)CC2. The second-order valence-corrected chi connectivity index (χ2v) is 5.24. The van der Waals surface area contributed by atoms with Gasteiger partial charge in [-0.2, -0.15) is 0 Å². The third-order valence-corrected chi connectivity index (χ3v) is 4.27. The van der Waals surface area contributed by atoms with Crippen molar-refractivity contribution < 1.29 is 0 Å². The number of hydrogen-bond donors (Lipinski definition) is 0. The van der Waals surface area contributed by atoms with Crippen molar-refractivity contribution in [2.24, 2.45) is 0 Å². The van der Waals surface area contributed by atoms with Crippen LogP contribution in [0.5, 0.6) is 0 Å². The summed E-state index contributed by atoms with van der Waals surface area (Å²) in [6, 6.07) is 9.88. The molecule has 0 atom stereocenters. The van der Waals surface area contributed by atoms with Crippen LogP contribution in [0.3, 0.4) is 0 Å². The first kappa shape index (κ1) is 10.3. The normalized spacial score (nSPS) is 23.0. The molecule has 0 saturated carbocycles. The Morgan fingerprint density at radius 3 is 2.00 bits per heavy atom. The highest BCUT2D eigenvalue weighted by atomic mass is 15.2. The van der Waals surface area contributed by atoms with Crippen LogP contribution in [-0.2, 0) is 12.8 Å². The summed E-state index contributed by atoms with van der Waals surface area (Å²) < 4.78 is 0. The Balaban J connectivity index is 1.71. The number of aryl methyl sites for hydroxylation is 2. The van der Waals surface area contributed by atoms with E-state index >= 15 is 0 Å². The summed E-state index contributed by atoms with van der Waals surface area (Å²) in [5.41, 5.74) is 3.20. The van der Waals surface area contributed by atoms with Crippen molar-refractivity contribution in [1.82, 2.24) is 4.90 Å². The maximum absolute atomic E-state index is 2.73. The number of fused-ring (bicyclic) bond motifs is 1. The van der Waals surface area contributed by atoms with E-state index in [4.69, 9.17) is 0 Å². The van der Waals surface area contributed by atoms with E-state index in [1.54, 1.807) is 11.1 Å². The van der Waals surface area contributed by atoms with Gasteiger partial charge in [-0.1, -0.05) is 24.3 Å². The number of rotatable bonds is 1. The van der Waals surface area contributed by atoms with Gasteiger partial charge < -0.3 is 4.90 Å². The molecule has 3 rings (SSSR count). The third kappa shape index (κ3) is 2.01. The van der Waals surface area contributed by atoms with Crippen molar-refractivity contribution in [3.8, 4) is 0 Å². The van der Waals surface area contributed by atoms with Crippen LogP contribution >= 0.6 is 0 Å². The largest absolute Gasteiger partial charge is 0.300 e. The molecule has 1 aliphatic heterocycles. The molecule has 0 bridgehead atoms. The lowest BCUT2D eigenvalue weighted by Crippen LogP contribution is -2.32. The molecule has 1 aromatic carbocycles. The Labute approximate surface area is 98.5 Å². The van der Waals surface area contributed by atoms with Crippen molar-refractivity contribution in [3.63, 3.8) is 0 Å². The van der Waals surface area contributed by atoms with E-state index in [-0.39, 0.29) is 0 Å². The van der Waals surface area contributed by atoms with Crippen molar-refractivity contribution in [2.75, 3.05) is 13.1 Å². The predicted molar refractivity (Wildman–Crippen MR) is 67.7 cm³/mol. The lowest BCUT2D eigenvalue weighted by Gasteiger charge is -2.25. The molecule has 0 radical (unpaired) electrons. The number of nitrogens with zero attached hydrogens (tertiary/aromatic N) is 1. The highest BCUT2D eigenvalue weighted by Gasteiger charge is 2.23. The Kier molecular flexibility index (Phi) is 2.96. The molecule has 1 fully saturated rings. The molecule has 0 aromatic heterocycles. The molecule has 0 N–H and O–H groups in total. The fourth-order valence-electron chi connectivity index (χ4n) is 3.31. The average Bonchev–Trinajstić information content (AvgIpc) is 2.76. The highest BCUT2D eigenvalue weighted by Crippen LogP contribution is 2.25. The Bertz CT molecular complexity index is 325. The van der Waals surface area contributed by atoms with Crippen LogP contribution in [0.15, 0.2) is 24.3 Å². The molecule has 1 aliphatic carbocycles. The van der Waals surface area contributed by atoms with Crippen LogP contribution in [0.1, 0.15) is 36.8 Å². The van der Waals surface area contributed by atoms with Crippen LogP contribution in [-0.4, -0.2) is 24.0 Å². The molecule has 0 amide bonds. The predicted octanol–water partition coefficient (Wildman–Crippen LogP) is 3.03. The summed E-state index contributed by atoms with van der Waals surface area (Å²) in [7, 11) is 0. The van der Waals surface area contributed by atoms with E-state index < -0.39 is 0 Å². The van der Waals surface area contributed by atoms with E-state index in [0.717, 1.165) is 6.04 Å². The number of benzene rings is 1. The second kappa shape index (κ2) is 4.58. The monoisotopic (exact) mass is 215 g/mol. The van der Waals surface area contributed by atoms with Crippen LogP contribution in [0.4, 0.5) is 0 Å². The first-order valence-electron chi connectivity index (χ1n) is 6.74. The first-order valence-corrected chi connectivity index (χ1v) is 6.74. The fraction of sp³-hybridized carbons (Fsp3) is 0.600. The van der Waals surface area contributed by atoms with E-state index in [1.807, 2.05) is 0 Å². The van der Waals surface area contributed by atoms with Gasteiger partial charge in [0.1, 0.15) is 0 Å². The van der Waals surface area contributed by atoms with Crippen LogP contribution < -0.4 is 0 Å². The van der Waals surface area contributed by atoms with E-state index in [2.05, 4.69) is 29.2 Å². The molecule has 1 aromatic rings. The molecule has 1 nitrogen and oxygen atoms in total. The van der Waals surface area contributed by atoms with Crippen LogP contribution in [0.2, 0.25) is 0 Å². The molecular formula is C15H21N. The zero-order valence-corrected chi connectivity index (χ0v) is 9.99. The number of hydrogen-bond acceptors (Lipinski definition) is 1. The van der Waals surface area contributed by atoms with Gasteiger partial charge in [0.2, 0.25) is 0 Å². The maximum atomic E-state index is 2.73. The summed E-state index contributed by atoms with van der Waals surface area (Å²) in [5.74, 6) is 0. The summed E-state index contributed by atoms with van der Waals surface area (Å²) in [4.78, 5) is 2.73. The highest BCUT2D eigenvalue weighted by molar-refractivity contribution is 5.28. The van der Waals surface area contributed by atoms with Gasteiger partial charge in [-0.3, -0.25) is 0 Å². The van der Waals surface area contributed by atoms with E-state index in [9.17, 15) is 0 Å². The lowest BCUT2D eigenvalue weighted by molar-refractivity contribution is 0.222. The molecular weight excluding hydrogens is 194 g/mol. The lowest BCUT2D eigenvalue weighted by atomic mass is 10.0. The molecule has 1 heterocycles. The van der Waals surface area contributed by atoms with E-state index in [1.165, 1.54) is 51.6 Å². The topological polar surface area (TPSA) is 3.24 Å². The van der Waals surface area contributed by atoms with Crippen molar-refractivity contribution in [3.05, 3.63) is 35.4 Å². The smallest absolute Gasteiger partial charge is 0.0102 e. The van der Waals surface area contributed by atoms with E-state index in [0.29, 0.717) is 0 Å². The molecule has 16 heavy (non-hydrogen) atoms. The van der Waals surface area contributed by atoms with Gasteiger partial charge in [-0.05, 0) is 62.7 Å². The standard InChI is InChI=1S/C15H21N/c1-2-6-14-8-10-15(9-7-13(14)5-1)16-11-3-4-12-16/h1-2,5-6,15H,3-4,7-12H2. The molecule has 0 spiro atoms. The first-order chi connectivity index (χ1) is 7.93.